The number of hydrogen-bond donors (Lipinski definition) is 1. The molecule has 0 aromatic rings. The van der Waals surface area contributed by atoms with E-state index in [1.54, 1.807) is 0 Å². The molecule has 0 aromatic carbocycles. The molecule has 0 aliphatic carbocycles. The lowest BCUT2D eigenvalue weighted by atomic mass is 9.99. The van der Waals surface area contributed by atoms with Crippen molar-refractivity contribution in [2.45, 2.75) is 72.1 Å². The minimum Gasteiger partial charge on any atom is -0.323 e. The van der Waals surface area contributed by atoms with Gasteiger partial charge in [0.2, 0.25) is 5.91 Å². The maximum Gasteiger partial charge on any atom is 0.241 e. The Morgan fingerprint density at radius 3 is 2.44 bits per heavy atom. The zero-order chi connectivity index (χ0) is 12.3. The first kappa shape index (κ1) is 13.5. The molecule has 3 nitrogen and oxygen atoms in total. The highest BCUT2D eigenvalue weighted by molar-refractivity contribution is 5.84. The molecular formula is C13H26N2O. The second-order valence-corrected chi connectivity index (χ2v) is 5.15. The molecule has 16 heavy (non-hydrogen) atoms. The quantitative estimate of drug-likeness (QED) is 0.780. The molecule has 1 aliphatic rings. The van der Waals surface area contributed by atoms with Gasteiger partial charge in [0.1, 0.15) is 0 Å². The Hall–Kier alpha value is -0.570. The van der Waals surface area contributed by atoms with E-state index >= 15 is 0 Å². The van der Waals surface area contributed by atoms with Crippen LogP contribution in [0.2, 0.25) is 0 Å². The molecule has 1 fully saturated rings. The van der Waals surface area contributed by atoms with Gasteiger partial charge in [-0.05, 0) is 25.7 Å². The summed E-state index contributed by atoms with van der Waals surface area (Å²) in [5, 5.41) is 3.40. The van der Waals surface area contributed by atoms with Crippen LogP contribution in [0, 0.1) is 5.92 Å². The zero-order valence-corrected chi connectivity index (χ0v) is 11.3. The first-order chi connectivity index (χ1) is 7.52. The van der Waals surface area contributed by atoms with E-state index in [2.05, 4.69) is 44.8 Å². The van der Waals surface area contributed by atoms with E-state index in [0.29, 0.717) is 17.9 Å². The molecule has 1 amide bonds. The zero-order valence-electron chi connectivity index (χ0n) is 11.3. The fraction of sp³-hybridized carbons (Fsp3) is 0.923. The molecule has 1 N–H and O–H groups in total. The van der Waals surface area contributed by atoms with Crippen molar-refractivity contribution in [3.8, 4) is 0 Å². The molecule has 1 heterocycles. The highest BCUT2D eigenvalue weighted by Crippen LogP contribution is 2.23. The molecular weight excluding hydrogens is 200 g/mol. The molecule has 0 spiro atoms. The lowest BCUT2D eigenvalue weighted by Gasteiger charge is -2.33. The maximum atomic E-state index is 12.3. The number of rotatable bonds is 5. The number of amides is 1. The number of nitrogens with zero attached hydrogens (tertiary/aromatic N) is 1. The fourth-order valence-corrected chi connectivity index (χ4v) is 2.75. The summed E-state index contributed by atoms with van der Waals surface area (Å²) in [6.07, 6.45) is 3.24. The van der Waals surface area contributed by atoms with Crippen LogP contribution in [-0.2, 0) is 4.79 Å². The highest BCUT2D eigenvalue weighted by Gasteiger charge is 2.39. The summed E-state index contributed by atoms with van der Waals surface area (Å²) in [6.45, 7) is 10.8. The second-order valence-electron chi connectivity index (χ2n) is 5.15. The Balaban J connectivity index is 2.76. The predicted molar refractivity (Wildman–Crippen MR) is 67.1 cm³/mol. The van der Waals surface area contributed by atoms with Crippen LogP contribution in [0.5, 0.6) is 0 Å². The van der Waals surface area contributed by atoms with Gasteiger partial charge in [-0.25, -0.2) is 0 Å². The largest absolute Gasteiger partial charge is 0.323 e. The van der Waals surface area contributed by atoms with Gasteiger partial charge in [0, 0.05) is 6.04 Å². The Kier molecular flexibility index (Phi) is 4.78. The van der Waals surface area contributed by atoms with Crippen molar-refractivity contribution < 1.29 is 4.79 Å². The lowest BCUT2D eigenvalue weighted by molar-refractivity contribution is -0.133. The number of carbonyl (C=O) groups is 1. The molecule has 1 rings (SSSR count). The molecule has 3 heteroatoms. The van der Waals surface area contributed by atoms with Crippen molar-refractivity contribution in [2.24, 2.45) is 5.92 Å². The number of carbonyl (C=O) groups excluding carboxylic acids is 1. The van der Waals surface area contributed by atoms with Crippen LogP contribution in [0.1, 0.15) is 53.9 Å². The first-order valence-electron chi connectivity index (χ1n) is 6.61. The third-order valence-electron chi connectivity index (χ3n) is 3.53. The van der Waals surface area contributed by atoms with E-state index in [0.717, 1.165) is 19.3 Å². The standard InChI is InChI=1S/C13H26N2O/c1-6-8-11-13(16)15(10(5)14-11)12(7-2)9(3)4/h9-12,14H,6-8H2,1-5H3. The van der Waals surface area contributed by atoms with Crippen LogP contribution in [0.3, 0.4) is 0 Å². The van der Waals surface area contributed by atoms with Gasteiger partial charge in [-0.15, -0.1) is 0 Å². The van der Waals surface area contributed by atoms with Gasteiger partial charge in [0.15, 0.2) is 0 Å². The SMILES string of the molecule is CCCC1NC(C)N(C(CC)C(C)C)C1=O. The number of hydrogen-bond acceptors (Lipinski definition) is 2. The summed E-state index contributed by atoms with van der Waals surface area (Å²) in [6, 6.07) is 0.421. The van der Waals surface area contributed by atoms with Crippen LogP contribution in [-0.4, -0.2) is 29.1 Å². The summed E-state index contributed by atoms with van der Waals surface area (Å²) in [4.78, 5) is 14.3. The maximum absolute atomic E-state index is 12.3. The smallest absolute Gasteiger partial charge is 0.241 e. The lowest BCUT2D eigenvalue weighted by Crippen LogP contribution is -2.45. The number of nitrogens with one attached hydrogen (secondary N) is 1. The van der Waals surface area contributed by atoms with Crippen LogP contribution in [0.15, 0.2) is 0 Å². The van der Waals surface area contributed by atoms with Gasteiger partial charge < -0.3 is 4.90 Å². The van der Waals surface area contributed by atoms with Gasteiger partial charge >= 0.3 is 0 Å². The average Bonchev–Trinajstić information content (AvgIpc) is 2.47. The van der Waals surface area contributed by atoms with E-state index in [1.165, 1.54) is 0 Å². The summed E-state index contributed by atoms with van der Waals surface area (Å²) < 4.78 is 0. The second kappa shape index (κ2) is 5.67. The Bertz CT molecular complexity index is 240. The Morgan fingerprint density at radius 1 is 1.38 bits per heavy atom. The van der Waals surface area contributed by atoms with Gasteiger partial charge in [-0.2, -0.15) is 0 Å². The Morgan fingerprint density at radius 2 is 2.00 bits per heavy atom. The van der Waals surface area contributed by atoms with Crippen molar-refractivity contribution >= 4 is 5.91 Å². The molecule has 0 aromatic heterocycles. The fourth-order valence-electron chi connectivity index (χ4n) is 2.75. The van der Waals surface area contributed by atoms with Gasteiger partial charge in [0.05, 0.1) is 12.2 Å². The van der Waals surface area contributed by atoms with E-state index < -0.39 is 0 Å². The molecule has 3 unspecified atom stereocenters. The van der Waals surface area contributed by atoms with Crippen LogP contribution in [0.4, 0.5) is 0 Å². The van der Waals surface area contributed by atoms with E-state index in [9.17, 15) is 4.79 Å². The molecule has 1 aliphatic heterocycles. The minimum absolute atomic E-state index is 0.0489. The molecule has 94 valence electrons. The monoisotopic (exact) mass is 226 g/mol. The normalized spacial score (nSPS) is 27.9. The van der Waals surface area contributed by atoms with Crippen LogP contribution in [0.25, 0.3) is 0 Å². The van der Waals surface area contributed by atoms with Gasteiger partial charge in [-0.3, -0.25) is 10.1 Å². The predicted octanol–water partition coefficient (Wildman–Crippen LogP) is 2.37. The van der Waals surface area contributed by atoms with E-state index in [1.807, 2.05) is 0 Å². The van der Waals surface area contributed by atoms with Crippen molar-refractivity contribution in [2.75, 3.05) is 0 Å². The van der Waals surface area contributed by atoms with Crippen molar-refractivity contribution in [3.63, 3.8) is 0 Å². The molecule has 1 saturated heterocycles. The molecule has 3 atom stereocenters. The van der Waals surface area contributed by atoms with Crippen molar-refractivity contribution in [3.05, 3.63) is 0 Å². The van der Waals surface area contributed by atoms with E-state index in [-0.39, 0.29) is 12.2 Å². The van der Waals surface area contributed by atoms with Crippen molar-refractivity contribution in [1.82, 2.24) is 10.2 Å². The molecule has 0 radical (unpaired) electrons. The summed E-state index contributed by atoms with van der Waals surface area (Å²) in [5.74, 6) is 0.827. The molecule has 0 bridgehead atoms. The van der Waals surface area contributed by atoms with Gasteiger partial charge in [-0.1, -0.05) is 34.1 Å². The summed E-state index contributed by atoms with van der Waals surface area (Å²) in [5.41, 5.74) is 0. The third-order valence-corrected chi connectivity index (χ3v) is 3.53. The highest BCUT2D eigenvalue weighted by atomic mass is 16.2. The minimum atomic E-state index is 0.0489. The summed E-state index contributed by atoms with van der Waals surface area (Å²) in [7, 11) is 0. The average molecular weight is 226 g/mol. The molecule has 0 saturated carbocycles. The summed E-state index contributed by atoms with van der Waals surface area (Å²) >= 11 is 0. The van der Waals surface area contributed by atoms with Crippen LogP contribution < -0.4 is 5.32 Å². The Labute approximate surface area is 99.6 Å². The first-order valence-corrected chi connectivity index (χ1v) is 6.61. The van der Waals surface area contributed by atoms with Crippen LogP contribution >= 0.6 is 0 Å². The van der Waals surface area contributed by atoms with Gasteiger partial charge in [0.25, 0.3) is 0 Å². The van der Waals surface area contributed by atoms with Crippen molar-refractivity contribution in [1.29, 1.82) is 0 Å². The van der Waals surface area contributed by atoms with E-state index in [4.69, 9.17) is 0 Å². The topological polar surface area (TPSA) is 32.3 Å². The third kappa shape index (κ3) is 2.57.